The van der Waals surface area contributed by atoms with Gasteiger partial charge in [0, 0.05) is 19.7 Å². The molecule has 0 N–H and O–H groups in total. The molecule has 1 heterocycles. The lowest BCUT2D eigenvalue weighted by molar-refractivity contribution is 0.0266. The zero-order valence-corrected chi connectivity index (χ0v) is 6.88. The zero-order chi connectivity index (χ0) is 8.10. The molecule has 1 radical (unpaired) electrons. The van der Waals surface area contributed by atoms with Crippen LogP contribution in [0.5, 0.6) is 0 Å². The van der Waals surface area contributed by atoms with Crippen LogP contribution in [0.25, 0.3) is 0 Å². The Morgan fingerprint density at radius 1 is 1.55 bits per heavy atom. The Labute approximate surface area is 67.3 Å². The summed E-state index contributed by atoms with van der Waals surface area (Å²) < 4.78 is 5.42. The molecule has 3 nitrogen and oxygen atoms in total. The standard InChI is InChI=1S/C8H14NO2/c1-2-11-8-3-5-9(7-10)6-4-8/h8H,2-6H2,1H3. The van der Waals surface area contributed by atoms with Crippen LogP contribution in [0.2, 0.25) is 0 Å². The lowest BCUT2D eigenvalue weighted by Gasteiger charge is -2.28. The Kier molecular flexibility index (Phi) is 3.36. The van der Waals surface area contributed by atoms with Crippen LogP contribution in [0, 0.1) is 0 Å². The molecule has 0 saturated carbocycles. The van der Waals surface area contributed by atoms with Crippen molar-refractivity contribution in [2.75, 3.05) is 19.7 Å². The van der Waals surface area contributed by atoms with Gasteiger partial charge in [-0.15, -0.1) is 0 Å². The monoisotopic (exact) mass is 156 g/mol. The maximum Gasteiger partial charge on any atom is 0.312 e. The summed E-state index contributed by atoms with van der Waals surface area (Å²) in [6, 6.07) is 0. The number of nitrogens with zero attached hydrogens (tertiary/aromatic N) is 1. The van der Waals surface area contributed by atoms with Gasteiger partial charge in [0.15, 0.2) is 0 Å². The third kappa shape index (κ3) is 2.50. The van der Waals surface area contributed by atoms with E-state index in [-0.39, 0.29) is 0 Å². The first-order valence-electron chi connectivity index (χ1n) is 4.11. The minimum Gasteiger partial charge on any atom is -0.378 e. The van der Waals surface area contributed by atoms with Crippen molar-refractivity contribution in [3.05, 3.63) is 0 Å². The van der Waals surface area contributed by atoms with E-state index in [0.29, 0.717) is 6.10 Å². The van der Waals surface area contributed by atoms with Gasteiger partial charge in [-0.1, -0.05) is 0 Å². The fourth-order valence-corrected chi connectivity index (χ4v) is 1.35. The number of hydrogen-bond donors (Lipinski definition) is 0. The molecule has 11 heavy (non-hydrogen) atoms. The molecule has 1 aliphatic heterocycles. The van der Waals surface area contributed by atoms with Crippen LogP contribution < -0.4 is 0 Å². The molecule has 3 heteroatoms. The van der Waals surface area contributed by atoms with Crippen molar-refractivity contribution in [1.82, 2.24) is 4.90 Å². The first-order chi connectivity index (χ1) is 5.36. The number of amides is 1. The van der Waals surface area contributed by atoms with Crippen molar-refractivity contribution in [2.24, 2.45) is 0 Å². The Hall–Kier alpha value is -0.570. The largest absolute Gasteiger partial charge is 0.378 e. The maximum atomic E-state index is 10.2. The number of carbonyl (C=O) groups excluding carboxylic acids is 1. The minimum atomic E-state index is 0.365. The second kappa shape index (κ2) is 4.34. The number of ether oxygens (including phenoxy) is 1. The Morgan fingerprint density at radius 2 is 2.18 bits per heavy atom. The summed E-state index contributed by atoms with van der Waals surface area (Å²) in [5.74, 6) is 0. The highest BCUT2D eigenvalue weighted by molar-refractivity contribution is 5.48. The van der Waals surface area contributed by atoms with E-state index in [1.807, 2.05) is 13.3 Å². The lowest BCUT2D eigenvalue weighted by Crippen LogP contribution is -2.35. The van der Waals surface area contributed by atoms with E-state index in [9.17, 15) is 4.79 Å². The molecule has 1 fully saturated rings. The van der Waals surface area contributed by atoms with Crippen LogP contribution in [0.1, 0.15) is 19.8 Å². The molecule has 63 valence electrons. The van der Waals surface area contributed by atoms with Gasteiger partial charge in [-0.25, -0.2) is 0 Å². The maximum absolute atomic E-state index is 10.2. The van der Waals surface area contributed by atoms with E-state index >= 15 is 0 Å². The Balaban J connectivity index is 2.18. The van der Waals surface area contributed by atoms with Gasteiger partial charge < -0.3 is 9.64 Å². The van der Waals surface area contributed by atoms with Gasteiger partial charge in [-0.05, 0) is 19.8 Å². The van der Waals surface area contributed by atoms with Gasteiger partial charge in [-0.3, -0.25) is 4.79 Å². The predicted molar refractivity (Wildman–Crippen MR) is 41.9 cm³/mol. The summed E-state index contributed by atoms with van der Waals surface area (Å²) in [5.41, 5.74) is 0. The summed E-state index contributed by atoms with van der Waals surface area (Å²) in [5, 5.41) is 0. The molecule has 0 unspecified atom stereocenters. The third-order valence-electron chi connectivity index (χ3n) is 1.97. The second-order valence-electron chi connectivity index (χ2n) is 2.73. The smallest absolute Gasteiger partial charge is 0.312 e. The van der Waals surface area contributed by atoms with Crippen LogP contribution in [0.15, 0.2) is 0 Å². The highest BCUT2D eigenvalue weighted by atomic mass is 16.5. The van der Waals surface area contributed by atoms with Crippen molar-refractivity contribution in [1.29, 1.82) is 0 Å². The molecule has 1 saturated heterocycles. The summed E-state index contributed by atoms with van der Waals surface area (Å²) in [6.07, 6.45) is 4.18. The highest BCUT2D eigenvalue weighted by Crippen LogP contribution is 2.11. The average molecular weight is 156 g/mol. The molecule has 0 spiro atoms. The number of rotatable bonds is 3. The molecule has 0 aromatic carbocycles. The predicted octanol–water partition coefficient (Wildman–Crippen LogP) is 0.554. The van der Waals surface area contributed by atoms with Crippen LogP contribution >= 0.6 is 0 Å². The van der Waals surface area contributed by atoms with Gasteiger partial charge in [0.25, 0.3) is 0 Å². The van der Waals surface area contributed by atoms with Crippen LogP contribution in [-0.2, 0) is 9.53 Å². The van der Waals surface area contributed by atoms with Gasteiger partial charge in [0.1, 0.15) is 0 Å². The molecule has 0 aliphatic carbocycles. The SMILES string of the molecule is CCOC1CCN([C]=O)CC1. The molecule has 1 aliphatic rings. The molecular weight excluding hydrogens is 142 g/mol. The van der Waals surface area contributed by atoms with Crippen molar-refractivity contribution < 1.29 is 9.53 Å². The van der Waals surface area contributed by atoms with E-state index in [1.165, 1.54) is 0 Å². The number of hydrogen-bond acceptors (Lipinski definition) is 2. The Morgan fingerprint density at radius 3 is 2.64 bits per heavy atom. The third-order valence-corrected chi connectivity index (χ3v) is 1.97. The van der Waals surface area contributed by atoms with E-state index in [1.54, 1.807) is 4.90 Å². The lowest BCUT2D eigenvalue weighted by atomic mass is 10.1. The van der Waals surface area contributed by atoms with Gasteiger partial charge in [0.05, 0.1) is 6.10 Å². The molecule has 1 amide bonds. The molecule has 1 rings (SSSR count). The summed E-state index contributed by atoms with van der Waals surface area (Å²) in [4.78, 5) is 11.9. The summed E-state index contributed by atoms with van der Waals surface area (Å²) in [6.45, 7) is 4.37. The van der Waals surface area contributed by atoms with Crippen molar-refractivity contribution in [2.45, 2.75) is 25.9 Å². The quantitative estimate of drug-likeness (QED) is 0.597. The number of likely N-dealkylation sites (tertiary alicyclic amines) is 1. The fraction of sp³-hybridized carbons (Fsp3) is 0.875. The average Bonchev–Trinajstić information content (AvgIpc) is 2.07. The first-order valence-corrected chi connectivity index (χ1v) is 4.11. The molecule has 0 aromatic rings. The van der Waals surface area contributed by atoms with Crippen molar-refractivity contribution in [3.63, 3.8) is 0 Å². The first kappa shape index (κ1) is 8.53. The number of piperidine rings is 1. The van der Waals surface area contributed by atoms with Gasteiger partial charge in [0.2, 0.25) is 0 Å². The normalized spacial score (nSPS) is 20.3. The minimum absolute atomic E-state index is 0.365. The summed E-state index contributed by atoms with van der Waals surface area (Å²) >= 11 is 0. The molecule has 0 atom stereocenters. The van der Waals surface area contributed by atoms with Crippen LogP contribution in [0.4, 0.5) is 0 Å². The topological polar surface area (TPSA) is 29.5 Å². The molecule has 0 bridgehead atoms. The highest BCUT2D eigenvalue weighted by Gasteiger charge is 2.17. The van der Waals surface area contributed by atoms with E-state index in [0.717, 1.165) is 32.5 Å². The van der Waals surface area contributed by atoms with Crippen LogP contribution in [0.3, 0.4) is 0 Å². The molecular formula is C8H14NO2. The zero-order valence-electron chi connectivity index (χ0n) is 6.88. The fourth-order valence-electron chi connectivity index (χ4n) is 1.35. The Bertz CT molecular complexity index is 119. The summed E-state index contributed by atoms with van der Waals surface area (Å²) in [7, 11) is 0. The van der Waals surface area contributed by atoms with Gasteiger partial charge >= 0.3 is 6.41 Å². The van der Waals surface area contributed by atoms with E-state index < -0.39 is 0 Å². The van der Waals surface area contributed by atoms with E-state index in [4.69, 9.17) is 4.74 Å². The van der Waals surface area contributed by atoms with Gasteiger partial charge in [-0.2, -0.15) is 0 Å². The van der Waals surface area contributed by atoms with Crippen molar-refractivity contribution in [3.8, 4) is 0 Å². The molecule has 0 aromatic heterocycles. The second-order valence-corrected chi connectivity index (χ2v) is 2.73. The van der Waals surface area contributed by atoms with E-state index in [2.05, 4.69) is 0 Å². The van der Waals surface area contributed by atoms with Crippen molar-refractivity contribution >= 4 is 6.41 Å². The van der Waals surface area contributed by atoms with Crippen LogP contribution in [-0.4, -0.2) is 37.1 Å².